The van der Waals surface area contributed by atoms with E-state index in [1.54, 1.807) is 6.92 Å². The highest BCUT2D eigenvalue weighted by Gasteiger charge is 2.08. The van der Waals surface area contributed by atoms with E-state index < -0.39 is 5.97 Å². The number of carboxylic acid groups (broad SMARTS) is 1. The molecule has 1 unspecified atom stereocenters. The van der Waals surface area contributed by atoms with Gasteiger partial charge in [0, 0.05) is 13.1 Å². The predicted molar refractivity (Wildman–Crippen MR) is 48.3 cm³/mol. The lowest BCUT2D eigenvalue weighted by Crippen LogP contribution is -2.13. The first kappa shape index (κ1) is 11.6. The number of hydrazone groups is 1. The molecule has 0 saturated heterocycles. The maximum atomic E-state index is 10.4. The van der Waals surface area contributed by atoms with Gasteiger partial charge in [0.1, 0.15) is 0 Å². The highest BCUT2D eigenvalue weighted by atomic mass is 16.4. The van der Waals surface area contributed by atoms with Crippen LogP contribution in [0.5, 0.6) is 0 Å². The van der Waals surface area contributed by atoms with Crippen molar-refractivity contribution >= 4 is 18.1 Å². The average Bonchev–Trinajstić information content (AvgIpc) is 2.02. The lowest BCUT2D eigenvalue weighted by atomic mass is 10.1. The van der Waals surface area contributed by atoms with Crippen molar-refractivity contribution in [3.05, 3.63) is 0 Å². The van der Waals surface area contributed by atoms with Gasteiger partial charge in [0.05, 0.1) is 5.92 Å². The smallest absolute Gasteiger partial charge is 0.306 e. The van der Waals surface area contributed by atoms with Crippen LogP contribution in [0.2, 0.25) is 0 Å². The quantitative estimate of drug-likeness (QED) is 0.487. The van der Waals surface area contributed by atoms with Gasteiger partial charge in [0.25, 0.3) is 0 Å². The maximum absolute atomic E-state index is 10.4. The van der Waals surface area contributed by atoms with Crippen molar-refractivity contribution in [2.45, 2.75) is 26.7 Å². The van der Waals surface area contributed by atoms with Crippen molar-refractivity contribution < 1.29 is 14.7 Å². The Balaban J connectivity index is 3.50. The summed E-state index contributed by atoms with van der Waals surface area (Å²) in [7, 11) is 0. The SMILES string of the molecule is CC(=O)N/N=C/CCC(C)C(=O)O. The zero-order valence-electron chi connectivity index (χ0n) is 7.78. The van der Waals surface area contributed by atoms with Crippen LogP contribution >= 0.6 is 0 Å². The summed E-state index contributed by atoms with van der Waals surface area (Å²) in [6.45, 7) is 2.99. The number of carbonyl (C=O) groups is 2. The van der Waals surface area contributed by atoms with Gasteiger partial charge >= 0.3 is 5.97 Å². The molecule has 1 amide bonds. The molecular formula is C8H14N2O3. The van der Waals surface area contributed by atoms with E-state index in [1.807, 2.05) is 0 Å². The molecule has 0 aliphatic carbocycles. The molecule has 74 valence electrons. The fourth-order valence-electron chi connectivity index (χ4n) is 0.649. The lowest BCUT2D eigenvalue weighted by Gasteiger charge is -2.01. The molecule has 13 heavy (non-hydrogen) atoms. The van der Waals surface area contributed by atoms with E-state index in [4.69, 9.17) is 5.11 Å². The zero-order valence-corrected chi connectivity index (χ0v) is 7.78. The van der Waals surface area contributed by atoms with Gasteiger partial charge in [-0.05, 0) is 12.8 Å². The highest BCUT2D eigenvalue weighted by molar-refractivity contribution is 5.74. The summed E-state index contributed by atoms with van der Waals surface area (Å²) in [5.74, 6) is -1.42. The summed E-state index contributed by atoms with van der Waals surface area (Å²) >= 11 is 0. The van der Waals surface area contributed by atoms with Crippen molar-refractivity contribution in [2.24, 2.45) is 11.0 Å². The van der Waals surface area contributed by atoms with E-state index in [9.17, 15) is 9.59 Å². The van der Waals surface area contributed by atoms with Crippen LogP contribution in [0.3, 0.4) is 0 Å². The number of carboxylic acids is 1. The van der Waals surface area contributed by atoms with E-state index in [0.29, 0.717) is 12.8 Å². The first-order valence-electron chi connectivity index (χ1n) is 4.05. The van der Waals surface area contributed by atoms with Crippen molar-refractivity contribution in [3.63, 3.8) is 0 Å². The van der Waals surface area contributed by atoms with E-state index in [0.717, 1.165) is 0 Å². The van der Waals surface area contributed by atoms with E-state index in [1.165, 1.54) is 13.1 Å². The molecule has 0 heterocycles. The van der Waals surface area contributed by atoms with E-state index in [2.05, 4.69) is 10.5 Å². The zero-order chi connectivity index (χ0) is 10.3. The van der Waals surface area contributed by atoms with Crippen LogP contribution in [0.1, 0.15) is 26.7 Å². The van der Waals surface area contributed by atoms with Gasteiger partial charge in [-0.2, -0.15) is 5.10 Å². The Bertz CT molecular complexity index is 213. The molecule has 0 aliphatic rings. The minimum absolute atomic E-state index is 0.234. The second-order valence-corrected chi connectivity index (χ2v) is 2.80. The molecule has 0 spiro atoms. The normalized spacial score (nSPS) is 12.8. The van der Waals surface area contributed by atoms with Gasteiger partial charge in [-0.25, -0.2) is 5.43 Å². The number of rotatable bonds is 5. The summed E-state index contributed by atoms with van der Waals surface area (Å²) in [5.41, 5.74) is 2.23. The van der Waals surface area contributed by atoms with Crippen molar-refractivity contribution in [1.29, 1.82) is 0 Å². The fourth-order valence-corrected chi connectivity index (χ4v) is 0.649. The highest BCUT2D eigenvalue weighted by Crippen LogP contribution is 2.03. The first-order chi connectivity index (χ1) is 6.04. The summed E-state index contributed by atoms with van der Waals surface area (Å²) in [6.07, 6.45) is 2.58. The number of hydrogen-bond acceptors (Lipinski definition) is 3. The topological polar surface area (TPSA) is 78.8 Å². The minimum atomic E-state index is -0.812. The molecule has 0 rings (SSSR count). The Morgan fingerprint density at radius 2 is 2.23 bits per heavy atom. The molecule has 2 N–H and O–H groups in total. The molecule has 5 nitrogen and oxygen atoms in total. The van der Waals surface area contributed by atoms with Gasteiger partial charge in [-0.3, -0.25) is 9.59 Å². The Labute approximate surface area is 76.8 Å². The fraction of sp³-hybridized carbons (Fsp3) is 0.625. The summed E-state index contributed by atoms with van der Waals surface area (Å²) < 4.78 is 0. The monoisotopic (exact) mass is 186 g/mol. The molecule has 5 heteroatoms. The summed E-state index contributed by atoms with van der Waals surface area (Å²) in [6, 6.07) is 0. The third-order valence-electron chi connectivity index (χ3n) is 1.46. The molecular weight excluding hydrogens is 172 g/mol. The Hall–Kier alpha value is -1.39. The average molecular weight is 186 g/mol. The molecule has 0 aromatic heterocycles. The Morgan fingerprint density at radius 1 is 1.62 bits per heavy atom. The number of amides is 1. The Kier molecular flexibility index (Phi) is 5.50. The first-order valence-corrected chi connectivity index (χ1v) is 4.05. The molecule has 0 radical (unpaired) electrons. The molecule has 0 saturated carbocycles. The van der Waals surface area contributed by atoms with Crippen LogP contribution in [-0.2, 0) is 9.59 Å². The second-order valence-electron chi connectivity index (χ2n) is 2.80. The van der Waals surface area contributed by atoms with Gasteiger partial charge < -0.3 is 5.11 Å². The molecule has 0 aromatic rings. The van der Waals surface area contributed by atoms with Gasteiger partial charge in [-0.1, -0.05) is 6.92 Å². The Morgan fingerprint density at radius 3 is 2.69 bits per heavy atom. The van der Waals surface area contributed by atoms with Crippen LogP contribution in [-0.4, -0.2) is 23.2 Å². The van der Waals surface area contributed by atoms with Crippen molar-refractivity contribution in [2.75, 3.05) is 0 Å². The number of aliphatic carboxylic acids is 1. The number of nitrogens with zero attached hydrogens (tertiary/aromatic N) is 1. The summed E-state index contributed by atoms with van der Waals surface area (Å²) in [4.78, 5) is 20.7. The maximum Gasteiger partial charge on any atom is 0.306 e. The van der Waals surface area contributed by atoms with Crippen LogP contribution in [0.25, 0.3) is 0 Å². The van der Waals surface area contributed by atoms with Crippen molar-refractivity contribution in [1.82, 2.24) is 5.43 Å². The predicted octanol–water partition coefficient (Wildman–Crippen LogP) is 0.609. The third kappa shape index (κ3) is 6.99. The second kappa shape index (κ2) is 6.16. The summed E-state index contributed by atoms with van der Waals surface area (Å²) in [5, 5.41) is 12.1. The lowest BCUT2D eigenvalue weighted by molar-refractivity contribution is -0.141. The molecule has 0 aliphatic heterocycles. The number of carbonyl (C=O) groups excluding carboxylic acids is 1. The van der Waals surface area contributed by atoms with Crippen LogP contribution in [0.15, 0.2) is 5.10 Å². The molecule has 1 atom stereocenters. The van der Waals surface area contributed by atoms with Crippen molar-refractivity contribution in [3.8, 4) is 0 Å². The number of nitrogens with one attached hydrogen (secondary N) is 1. The van der Waals surface area contributed by atoms with E-state index >= 15 is 0 Å². The van der Waals surface area contributed by atoms with Gasteiger partial charge in [-0.15, -0.1) is 0 Å². The molecule has 0 bridgehead atoms. The van der Waals surface area contributed by atoms with Gasteiger partial charge in [0.2, 0.25) is 5.91 Å². The van der Waals surface area contributed by atoms with Crippen LogP contribution < -0.4 is 5.43 Å². The largest absolute Gasteiger partial charge is 0.481 e. The third-order valence-corrected chi connectivity index (χ3v) is 1.46. The minimum Gasteiger partial charge on any atom is -0.481 e. The van der Waals surface area contributed by atoms with Crippen LogP contribution in [0.4, 0.5) is 0 Å². The standard InChI is InChI=1S/C8H14N2O3/c1-6(8(12)13)4-3-5-9-10-7(2)11/h5-6H,3-4H2,1-2H3,(H,10,11)(H,12,13)/b9-5+. The van der Waals surface area contributed by atoms with Gasteiger partial charge in [0.15, 0.2) is 0 Å². The molecule has 0 fully saturated rings. The van der Waals surface area contributed by atoms with E-state index in [-0.39, 0.29) is 11.8 Å². The molecule has 0 aromatic carbocycles. The van der Waals surface area contributed by atoms with Crippen LogP contribution in [0, 0.1) is 5.92 Å². The number of hydrogen-bond donors (Lipinski definition) is 2.